The molecule has 4 rings (SSSR count). The van der Waals surface area contributed by atoms with E-state index in [0.717, 1.165) is 31.5 Å². The van der Waals surface area contributed by atoms with Crippen LogP contribution in [0.25, 0.3) is 0 Å². The van der Waals surface area contributed by atoms with Crippen LogP contribution in [0.1, 0.15) is 37.3 Å². The predicted octanol–water partition coefficient (Wildman–Crippen LogP) is 2.89. The van der Waals surface area contributed by atoms with E-state index in [1.54, 1.807) is 6.20 Å². The predicted molar refractivity (Wildman–Crippen MR) is 105 cm³/mol. The Morgan fingerprint density at radius 3 is 2.48 bits per heavy atom. The SMILES string of the molecule is O=C(N[C@@H](Cn1cccn1)c1ccccc1)N1CCC(N2CCCC2)CC1. The van der Waals surface area contributed by atoms with Gasteiger partial charge in [0.25, 0.3) is 0 Å². The molecule has 2 aliphatic rings. The Morgan fingerprint density at radius 2 is 1.81 bits per heavy atom. The monoisotopic (exact) mass is 367 g/mol. The van der Waals surface area contributed by atoms with Crippen molar-refractivity contribution in [1.82, 2.24) is 24.9 Å². The van der Waals surface area contributed by atoms with Crippen molar-refractivity contribution in [3.8, 4) is 0 Å². The molecule has 2 saturated heterocycles. The lowest BCUT2D eigenvalue weighted by Gasteiger charge is -2.37. The van der Waals surface area contributed by atoms with E-state index >= 15 is 0 Å². The third-order valence-corrected chi connectivity index (χ3v) is 5.84. The van der Waals surface area contributed by atoms with Crippen LogP contribution < -0.4 is 5.32 Å². The second-order valence-electron chi connectivity index (χ2n) is 7.60. The number of carbonyl (C=O) groups excluding carboxylic acids is 1. The van der Waals surface area contributed by atoms with E-state index in [0.29, 0.717) is 12.6 Å². The lowest BCUT2D eigenvalue weighted by atomic mass is 10.0. The van der Waals surface area contributed by atoms with E-state index in [2.05, 4.69) is 27.4 Å². The summed E-state index contributed by atoms with van der Waals surface area (Å²) in [6.45, 7) is 4.78. The number of hydrogen-bond acceptors (Lipinski definition) is 3. The molecule has 1 aromatic heterocycles. The van der Waals surface area contributed by atoms with Crippen molar-refractivity contribution in [2.45, 2.75) is 44.3 Å². The number of carbonyl (C=O) groups is 1. The minimum Gasteiger partial charge on any atom is -0.329 e. The quantitative estimate of drug-likeness (QED) is 0.884. The molecule has 3 heterocycles. The van der Waals surface area contributed by atoms with Crippen LogP contribution >= 0.6 is 0 Å². The van der Waals surface area contributed by atoms with Gasteiger partial charge in [-0.3, -0.25) is 4.68 Å². The molecule has 0 unspecified atom stereocenters. The number of aromatic nitrogens is 2. The molecule has 1 N–H and O–H groups in total. The number of hydrogen-bond donors (Lipinski definition) is 1. The summed E-state index contributed by atoms with van der Waals surface area (Å²) in [5, 5.41) is 7.54. The maximum Gasteiger partial charge on any atom is 0.317 e. The molecule has 6 nitrogen and oxygen atoms in total. The van der Waals surface area contributed by atoms with E-state index < -0.39 is 0 Å². The fraction of sp³-hybridized carbons (Fsp3) is 0.524. The fourth-order valence-electron chi connectivity index (χ4n) is 4.30. The van der Waals surface area contributed by atoms with Crippen LogP contribution in [-0.4, -0.2) is 57.8 Å². The second-order valence-corrected chi connectivity index (χ2v) is 7.60. The number of likely N-dealkylation sites (tertiary alicyclic amines) is 2. The van der Waals surface area contributed by atoms with Gasteiger partial charge in [-0.15, -0.1) is 0 Å². The molecule has 0 saturated carbocycles. The number of nitrogens with zero attached hydrogens (tertiary/aromatic N) is 4. The largest absolute Gasteiger partial charge is 0.329 e. The van der Waals surface area contributed by atoms with Crippen molar-refractivity contribution in [1.29, 1.82) is 0 Å². The van der Waals surface area contributed by atoms with Gasteiger partial charge in [0.1, 0.15) is 0 Å². The lowest BCUT2D eigenvalue weighted by molar-refractivity contribution is 0.131. The van der Waals surface area contributed by atoms with Gasteiger partial charge in [-0.25, -0.2) is 4.79 Å². The Kier molecular flexibility index (Phi) is 5.72. The molecule has 2 aromatic rings. The Hall–Kier alpha value is -2.34. The highest BCUT2D eigenvalue weighted by Crippen LogP contribution is 2.22. The van der Waals surface area contributed by atoms with E-state index in [1.807, 2.05) is 40.0 Å². The normalized spacial score (nSPS) is 19.9. The highest BCUT2D eigenvalue weighted by molar-refractivity contribution is 5.74. The molecule has 2 amide bonds. The van der Waals surface area contributed by atoms with Gasteiger partial charge >= 0.3 is 6.03 Å². The average Bonchev–Trinajstić information content (AvgIpc) is 3.42. The molecule has 2 fully saturated rings. The fourth-order valence-corrected chi connectivity index (χ4v) is 4.30. The molecule has 0 spiro atoms. The van der Waals surface area contributed by atoms with Crippen LogP contribution in [0.15, 0.2) is 48.8 Å². The highest BCUT2D eigenvalue weighted by Gasteiger charge is 2.29. The van der Waals surface area contributed by atoms with Crippen LogP contribution in [0.4, 0.5) is 4.79 Å². The summed E-state index contributed by atoms with van der Waals surface area (Å²) < 4.78 is 1.87. The average molecular weight is 367 g/mol. The van der Waals surface area contributed by atoms with Gasteiger partial charge in [-0.1, -0.05) is 30.3 Å². The molecule has 1 atom stereocenters. The first-order chi connectivity index (χ1) is 13.3. The topological polar surface area (TPSA) is 53.4 Å². The third kappa shape index (κ3) is 4.50. The Bertz CT molecular complexity index is 703. The number of nitrogens with one attached hydrogen (secondary N) is 1. The summed E-state index contributed by atoms with van der Waals surface area (Å²) in [6, 6.07) is 12.7. The number of benzene rings is 1. The van der Waals surface area contributed by atoms with Crippen LogP contribution in [-0.2, 0) is 6.54 Å². The van der Waals surface area contributed by atoms with Gasteiger partial charge in [0.15, 0.2) is 0 Å². The molecule has 0 bridgehead atoms. The van der Waals surface area contributed by atoms with E-state index in [1.165, 1.54) is 25.9 Å². The van der Waals surface area contributed by atoms with Gasteiger partial charge < -0.3 is 15.1 Å². The maximum atomic E-state index is 12.9. The molecule has 0 radical (unpaired) electrons. The Balaban J connectivity index is 1.37. The van der Waals surface area contributed by atoms with Crippen LogP contribution in [0.2, 0.25) is 0 Å². The zero-order valence-electron chi connectivity index (χ0n) is 15.8. The summed E-state index contributed by atoms with van der Waals surface area (Å²) in [6.07, 6.45) is 8.53. The van der Waals surface area contributed by atoms with Gasteiger partial charge in [-0.2, -0.15) is 5.10 Å². The molecule has 1 aromatic carbocycles. The maximum absolute atomic E-state index is 12.9. The number of urea groups is 1. The van der Waals surface area contributed by atoms with Crippen molar-refractivity contribution in [2.75, 3.05) is 26.2 Å². The molecule has 0 aliphatic carbocycles. The summed E-state index contributed by atoms with van der Waals surface area (Å²) in [4.78, 5) is 17.5. The summed E-state index contributed by atoms with van der Waals surface area (Å²) in [5.74, 6) is 0. The minimum atomic E-state index is -0.0881. The highest BCUT2D eigenvalue weighted by atomic mass is 16.2. The van der Waals surface area contributed by atoms with Gasteiger partial charge in [0, 0.05) is 31.5 Å². The van der Waals surface area contributed by atoms with Gasteiger partial charge in [0.2, 0.25) is 0 Å². The first-order valence-electron chi connectivity index (χ1n) is 10.1. The third-order valence-electron chi connectivity index (χ3n) is 5.84. The lowest BCUT2D eigenvalue weighted by Crippen LogP contribution is -2.50. The Labute approximate surface area is 161 Å². The van der Waals surface area contributed by atoms with Crippen molar-refractivity contribution < 1.29 is 4.79 Å². The summed E-state index contributed by atoms with van der Waals surface area (Å²) in [5.41, 5.74) is 1.10. The summed E-state index contributed by atoms with van der Waals surface area (Å²) in [7, 11) is 0. The van der Waals surface area contributed by atoms with Gasteiger partial charge in [0.05, 0.1) is 12.6 Å². The van der Waals surface area contributed by atoms with E-state index in [-0.39, 0.29) is 12.1 Å². The molecular weight excluding hydrogens is 338 g/mol. The first kappa shape index (κ1) is 18.0. The van der Waals surface area contributed by atoms with Crippen molar-refractivity contribution in [2.24, 2.45) is 0 Å². The van der Waals surface area contributed by atoms with Crippen molar-refractivity contribution >= 4 is 6.03 Å². The number of rotatable bonds is 5. The number of amides is 2. The van der Waals surface area contributed by atoms with Crippen LogP contribution in [0.3, 0.4) is 0 Å². The molecule has 27 heavy (non-hydrogen) atoms. The van der Waals surface area contributed by atoms with E-state index in [4.69, 9.17) is 0 Å². The molecular formula is C21H29N5O. The van der Waals surface area contributed by atoms with Crippen molar-refractivity contribution in [3.05, 3.63) is 54.4 Å². The minimum absolute atomic E-state index is 0.0379. The summed E-state index contributed by atoms with van der Waals surface area (Å²) >= 11 is 0. The zero-order valence-corrected chi connectivity index (χ0v) is 15.8. The number of piperidine rings is 1. The first-order valence-corrected chi connectivity index (χ1v) is 10.1. The van der Waals surface area contributed by atoms with E-state index in [9.17, 15) is 4.79 Å². The molecule has 6 heteroatoms. The van der Waals surface area contributed by atoms with Crippen LogP contribution in [0.5, 0.6) is 0 Å². The van der Waals surface area contributed by atoms with Crippen LogP contribution in [0, 0.1) is 0 Å². The van der Waals surface area contributed by atoms with Crippen molar-refractivity contribution in [3.63, 3.8) is 0 Å². The second kappa shape index (κ2) is 8.57. The zero-order chi connectivity index (χ0) is 18.5. The standard InChI is InChI=1S/C21H29N5O/c27-21(25-15-9-19(10-16-25)24-12-4-5-13-24)23-20(17-26-14-6-11-22-26)18-7-2-1-3-8-18/h1-3,6-8,11,14,19-20H,4-5,9-10,12-13,15-17H2,(H,23,27)/t20-/m0/s1. The molecule has 2 aliphatic heterocycles. The smallest absolute Gasteiger partial charge is 0.317 e. The Morgan fingerprint density at radius 1 is 1.07 bits per heavy atom. The van der Waals surface area contributed by atoms with Gasteiger partial charge in [-0.05, 0) is 50.4 Å². The molecule has 144 valence electrons.